The second-order valence-electron chi connectivity index (χ2n) is 5.89. The van der Waals surface area contributed by atoms with Crippen LogP contribution in [-0.2, 0) is 17.9 Å². The lowest BCUT2D eigenvalue weighted by Crippen LogP contribution is -2.35. The number of hydrogen-bond donors (Lipinski definition) is 1. The lowest BCUT2D eigenvalue weighted by atomic mass is 10.1. The fraction of sp³-hybridized carbons (Fsp3) is 0.786. The summed E-state index contributed by atoms with van der Waals surface area (Å²) in [7, 11) is 1.74. The number of thioether (sulfide) groups is 2. The van der Waals surface area contributed by atoms with E-state index in [1.165, 1.54) is 27.1 Å². The number of ether oxygens (including phenoxy) is 1. The van der Waals surface area contributed by atoms with Crippen molar-refractivity contribution in [3.8, 4) is 0 Å². The molecule has 2 heterocycles. The van der Waals surface area contributed by atoms with Gasteiger partial charge in [-0.3, -0.25) is 0 Å². The Hall–Kier alpha value is 0.250. The molecule has 1 fully saturated rings. The molecule has 2 rings (SSSR count). The van der Waals surface area contributed by atoms with Crippen molar-refractivity contribution in [1.82, 2.24) is 10.3 Å². The monoisotopic (exact) mass is 332 g/mol. The maximum absolute atomic E-state index is 5.31. The lowest BCUT2D eigenvalue weighted by molar-refractivity contribution is 0.181. The minimum Gasteiger partial charge on any atom is -0.378 e. The first-order valence-electron chi connectivity index (χ1n) is 6.91. The van der Waals surface area contributed by atoms with Gasteiger partial charge in [0, 0.05) is 41.3 Å². The Kier molecular flexibility index (Phi) is 6.23. The van der Waals surface area contributed by atoms with E-state index >= 15 is 0 Å². The molecular weight excluding hydrogens is 308 g/mol. The van der Waals surface area contributed by atoms with E-state index in [2.05, 4.69) is 26.1 Å². The fourth-order valence-electron chi connectivity index (χ4n) is 1.90. The molecule has 0 bridgehead atoms. The van der Waals surface area contributed by atoms with Gasteiger partial charge in [-0.2, -0.15) is 11.8 Å². The van der Waals surface area contributed by atoms with Gasteiger partial charge in [0.2, 0.25) is 0 Å². The van der Waals surface area contributed by atoms with E-state index in [-0.39, 0.29) is 5.54 Å². The summed E-state index contributed by atoms with van der Waals surface area (Å²) in [4.78, 5) is 6.17. The van der Waals surface area contributed by atoms with Crippen molar-refractivity contribution in [3.63, 3.8) is 0 Å². The van der Waals surface area contributed by atoms with E-state index in [1.54, 1.807) is 7.11 Å². The number of hydrogen-bond acceptors (Lipinski definition) is 6. The smallest absolute Gasteiger partial charge is 0.107 e. The minimum absolute atomic E-state index is 0.129. The third-order valence-corrected chi connectivity index (χ3v) is 7.07. The molecule has 0 radical (unpaired) electrons. The van der Waals surface area contributed by atoms with Gasteiger partial charge in [0.15, 0.2) is 0 Å². The van der Waals surface area contributed by atoms with Gasteiger partial charge in [0.1, 0.15) is 5.01 Å². The molecule has 1 aromatic heterocycles. The van der Waals surface area contributed by atoms with Crippen LogP contribution in [0.4, 0.5) is 0 Å². The molecule has 0 amide bonds. The number of aromatic nitrogens is 1. The Bertz CT molecular complexity index is 423. The molecule has 1 unspecified atom stereocenters. The van der Waals surface area contributed by atoms with Crippen molar-refractivity contribution in [3.05, 3.63) is 15.6 Å². The highest BCUT2D eigenvalue weighted by atomic mass is 32.2. The summed E-state index contributed by atoms with van der Waals surface area (Å²) >= 11 is 5.95. The Morgan fingerprint density at radius 3 is 2.75 bits per heavy atom. The molecule has 3 nitrogen and oxygen atoms in total. The van der Waals surface area contributed by atoms with E-state index in [4.69, 9.17) is 9.72 Å². The Labute approximate surface area is 134 Å². The maximum atomic E-state index is 5.31. The summed E-state index contributed by atoms with van der Waals surface area (Å²) < 4.78 is 5.31. The summed E-state index contributed by atoms with van der Waals surface area (Å²) in [5.74, 6) is 3.71. The average molecular weight is 333 g/mol. The highest BCUT2D eigenvalue weighted by molar-refractivity contribution is 8.06. The maximum Gasteiger partial charge on any atom is 0.107 e. The third-order valence-electron chi connectivity index (χ3n) is 2.95. The van der Waals surface area contributed by atoms with Crippen molar-refractivity contribution >= 4 is 34.9 Å². The zero-order valence-electron chi connectivity index (χ0n) is 12.7. The molecule has 0 aliphatic carbocycles. The Morgan fingerprint density at radius 1 is 1.35 bits per heavy atom. The average Bonchev–Trinajstić information content (AvgIpc) is 2.80. The molecule has 1 atom stereocenters. The first-order valence-corrected chi connectivity index (χ1v) is 9.93. The molecule has 1 aliphatic heterocycles. The van der Waals surface area contributed by atoms with Crippen LogP contribution < -0.4 is 5.32 Å². The van der Waals surface area contributed by atoms with Crippen LogP contribution in [-0.4, -0.2) is 34.9 Å². The second kappa shape index (κ2) is 7.49. The van der Waals surface area contributed by atoms with Crippen LogP contribution >= 0.6 is 34.9 Å². The zero-order valence-corrected chi connectivity index (χ0v) is 15.1. The molecule has 1 N–H and O–H groups in total. The van der Waals surface area contributed by atoms with E-state index < -0.39 is 0 Å². The van der Waals surface area contributed by atoms with Gasteiger partial charge in [0.25, 0.3) is 0 Å². The standard InChI is InChI=1S/C14H24N2OS3/c1-14(2,3)15-7-11-10(8-17-4)16-13(20-11)12-9-18-5-6-19-12/h12,15H,5-9H2,1-4H3. The van der Waals surface area contributed by atoms with Crippen molar-refractivity contribution in [2.45, 2.75) is 44.7 Å². The van der Waals surface area contributed by atoms with Crippen molar-refractivity contribution in [1.29, 1.82) is 0 Å². The number of nitrogens with one attached hydrogen (secondary N) is 1. The molecule has 20 heavy (non-hydrogen) atoms. The molecule has 0 spiro atoms. The molecule has 6 heteroatoms. The van der Waals surface area contributed by atoms with Gasteiger partial charge in [-0.25, -0.2) is 4.98 Å². The Morgan fingerprint density at radius 2 is 2.15 bits per heavy atom. The van der Waals surface area contributed by atoms with Crippen LogP contribution in [0, 0.1) is 0 Å². The van der Waals surface area contributed by atoms with Gasteiger partial charge in [-0.1, -0.05) is 0 Å². The van der Waals surface area contributed by atoms with Gasteiger partial charge in [-0.05, 0) is 20.8 Å². The third kappa shape index (κ3) is 4.91. The molecule has 1 aliphatic rings. The molecule has 114 valence electrons. The normalized spacial score (nSPS) is 20.3. The molecule has 1 aromatic rings. The quantitative estimate of drug-likeness (QED) is 0.889. The predicted octanol–water partition coefficient (Wildman–Crippen LogP) is 3.70. The number of rotatable bonds is 5. The lowest BCUT2D eigenvalue weighted by Gasteiger charge is -2.20. The first kappa shape index (κ1) is 16.6. The van der Waals surface area contributed by atoms with E-state index in [9.17, 15) is 0 Å². The molecule has 1 saturated heterocycles. The van der Waals surface area contributed by atoms with Gasteiger partial charge >= 0.3 is 0 Å². The van der Waals surface area contributed by atoms with Crippen molar-refractivity contribution < 1.29 is 4.74 Å². The summed E-state index contributed by atoms with van der Waals surface area (Å²) in [6.07, 6.45) is 0. The Balaban J connectivity index is 2.10. The SMILES string of the molecule is COCc1nc(C2CSCCS2)sc1CNC(C)(C)C. The van der Waals surface area contributed by atoms with E-state index in [0.717, 1.165) is 12.2 Å². The largest absolute Gasteiger partial charge is 0.378 e. The van der Waals surface area contributed by atoms with Crippen LogP contribution in [0.3, 0.4) is 0 Å². The summed E-state index contributed by atoms with van der Waals surface area (Å²) in [5.41, 5.74) is 1.24. The van der Waals surface area contributed by atoms with Crippen molar-refractivity contribution in [2.24, 2.45) is 0 Å². The fourth-order valence-corrected chi connectivity index (χ4v) is 5.90. The first-order chi connectivity index (χ1) is 9.49. The topological polar surface area (TPSA) is 34.1 Å². The summed E-state index contributed by atoms with van der Waals surface area (Å²) in [5, 5.41) is 5.40. The number of methoxy groups -OCH3 is 1. The molecule has 0 saturated carbocycles. The molecular formula is C14H24N2OS3. The van der Waals surface area contributed by atoms with Gasteiger partial charge in [-0.15, -0.1) is 23.1 Å². The zero-order chi connectivity index (χ0) is 14.6. The highest BCUT2D eigenvalue weighted by Gasteiger charge is 2.22. The van der Waals surface area contributed by atoms with Crippen LogP contribution in [0.15, 0.2) is 0 Å². The highest BCUT2D eigenvalue weighted by Crippen LogP contribution is 2.39. The van der Waals surface area contributed by atoms with Gasteiger partial charge in [0.05, 0.1) is 17.6 Å². The number of thiazole rings is 1. The van der Waals surface area contributed by atoms with Crippen molar-refractivity contribution in [2.75, 3.05) is 24.4 Å². The number of nitrogens with zero attached hydrogens (tertiary/aromatic N) is 1. The van der Waals surface area contributed by atoms with Gasteiger partial charge < -0.3 is 10.1 Å². The van der Waals surface area contributed by atoms with Crippen LogP contribution in [0.2, 0.25) is 0 Å². The predicted molar refractivity (Wildman–Crippen MR) is 91.9 cm³/mol. The van der Waals surface area contributed by atoms with Crippen LogP contribution in [0.25, 0.3) is 0 Å². The summed E-state index contributed by atoms with van der Waals surface area (Å²) in [6, 6.07) is 0. The van der Waals surface area contributed by atoms with Crippen LogP contribution in [0.1, 0.15) is 41.6 Å². The molecule has 0 aromatic carbocycles. The second-order valence-corrected chi connectivity index (χ2v) is 9.47. The van der Waals surface area contributed by atoms with E-state index in [0.29, 0.717) is 11.9 Å². The van der Waals surface area contributed by atoms with E-state index in [1.807, 2.05) is 34.9 Å². The van der Waals surface area contributed by atoms with Crippen LogP contribution in [0.5, 0.6) is 0 Å². The minimum atomic E-state index is 0.129. The summed E-state index contributed by atoms with van der Waals surface area (Å²) in [6.45, 7) is 8.07.